The summed E-state index contributed by atoms with van der Waals surface area (Å²) in [6.45, 7) is 9.77. The van der Waals surface area contributed by atoms with E-state index in [9.17, 15) is 4.79 Å². The molecule has 4 nitrogen and oxygen atoms in total. The molecule has 1 aliphatic rings. The molecule has 0 aromatic heterocycles. The van der Waals surface area contributed by atoms with Crippen molar-refractivity contribution in [2.45, 2.75) is 33.6 Å². The summed E-state index contributed by atoms with van der Waals surface area (Å²) in [6.07, 6.45) is 1.85. The first-order chi connectivity index (χ1) is 8.00. The van der Waals surface area contributed by atoms with Gasteiger partial charge in [0.1, 0.15) is 0 Å². The monoisotopic (exact) mass is 242 g/mol. The second kappa shape index (κ2) is 6.36. The largest absolute Gasteiger partial charge is 0.381 e. The molecule has 1 rings (SSSR count). The van der Waals surface area contributed by atoms with E-state index in [0.717, 1.165) is 32.5 Å². The minimum absolute atomic E-state index is 0.00963. The van der Waals surface area contributed by atoms with Gasteiger partial charge in [0, 0.05) is 19.7 Å². The second-order valence-electron chi connectivity index (χ2n) is 5.69. The third kappa shape index (κ3) is 4.28. The zero-order valence-electron chi connectivity index (χ0n) is 11.4. The van der Waals surface area contributed by atoms with Crippen LogP contribution in [0.25, 0.3) is 0 Å². The van der Waals surface area contributed by atoms with E-state index in [-0.39, 0.29) is 17.2 Å². The average Bonchev–Trinajstić information content (AvgIpc) is 2.81. The maximum Gasteiger partial charge on any atom is 0.228 e. The van der Waals surface area contributed by atoms with E-state index < -0.39 is 0 Å². The summed E-state index contributed by atoms with van der Waals surface area (Å²) in [5.74, 6) is 0.306. The maximum atomic E-state index is 12.3. The normalized spacial score (nSPS) is 20.6. The molecule has 17 heavy (non-hydrogen) atoms. The molecule has 0 radical (unpaired) electrons. The Kier molecular flexibility index (Phi) is 5.40. The lowest BCUT2D eigenvalue weighted by molar-refractivity contribution is -0.136. The summed E-state index contributed by atoms with van der Waals surface area (Å²) >= 11 is 0. The van der Waals surface area contributed by atoms with E-state index in [1.54, 1.807) is 0 Å². The summed E-state index contributed by atoms with van der Waals surface area (Å²) in [7, 11) is 0. The fraction of sp³-hybridized carbons (Fsp3) is 0.923. The second-order valence-corrected chi connectivity index (χ2v) is 5.69. The smallest absolute Gasteiger partial charge is 0.228 e. The highest BCUT2D eigenvalue weighted by Gasteiger charge is 2.30. The number of carbonyl (C=O) groups excluding carboxylic acids is 1. The van der Waals surface area contributed by atoms with Gasteiger partial charge in [-0.1, -0.05) is 20.8 Å². The lowest BCUT2D eigenvalue weighted by Gasteiger charge is -2.33. The van der Waals surface area contributed by atoms with Crippen LogP contribution in [0.5, 0.6) is 0 Å². The number of ether oxygens (including phenoxy) is 1. The summed E-state index contributed by atoms with van der Waals surface area (Å²) in [5.41, 5.74) is 5.73. The lowest BCUT2D eigenvalue weighted by atomic mass is 9.92. The van der Waals surface area contributed by atoms with Crippen LogP contribution in [0.15, 0.2) is 0 Å². The number of amides is 1. The Labute approximate surface area is 104 Å². The maximum absolute atomic E-state index is 12.3. The number of nitrogens with zero attached hydrogens (tertiary/aromatic N) is 1. The number of carbonyl (C=O) groups is 1. The molecule has 0 aliphatic carbocycles. The first-order valence-corrected chi connectivity index (χ1v) is 6.57. The predicted molar refractivity (Wildman–Crippen MR) is 68.6 cm³/mol. The van der Waals surface area contributed by atoms with Crippen LogP contribution in [0.3, 0.4) is 0 Å². The van der Waals surface area contributed by atoms with Crippen LogP contribution in [0.1, 0.15) is 33.6 Å². The van der Waals surface area contributed by atoms with E-state index >= 15 is 0 Å². The molecule has 100 valence electrons. The molecule has 0 spiro atoms. The van der Waals surface area contributed by atoms with Crippen LogP contribution in [0.2, 0.25) is 0 Å². The van der Waals surface area contributed by atoms with E-state index in [2.05, 4.69) is 20.8 Å². The zero-order valence-corrected chi connectivity index (χ0v) is 11.4. The van der Waals surface area contributed by atoms with Crippen molar-refractivity contribution in [1.82, 2.24) is 4.90 Å². The molecule has 2 N–H and O–H groups in total. The molecule has 0 aromatic rings. The van der Waals surface area contributed by atoms with Gasteiger partial charge in [-0.05, 0) is 24.8 Å². The van der Waals surface area contributed by atoms with E-state index in [1.165, 1.54) is 0 Å². The predicted octanol–water partition coefficient (Wildman–Crippen LogP) is 1.25. The molecular weight excluding hydrogens is 216 g/mol. The molecule has 1 fully saturated rings. The molecular formula is C13H26N2O2. The van der Waals surface area contributed by atoms with Crippen LogP contribution < -0.4 is 5.73 Å². The topological polar surface area (TPSA) is 55.6 Å². The van der Waals surface area contributed by atoms with Gasteiger partial charge in [-0.25, -0.2) is 0 Å². The molecule has 1 atom stereocenters. The van der Waals surface area contributed by atoms with Gasteiger partial charge in [0.05, 0.1) is 12.5 Å². The van der Waals surface area contributed by atoms with Gasteiger partial charge >= 0.3 is 0 Å². The molecule has 1 unspecified atom stereocenters. The van der Waals surface area contributed by atoms with Gasteiger partial charge in [-0.3, -0.25) is 4.79 Å². The first-order valence-electron chi connectivity index (χ1n) is 6.57. The molecule has 1 saturated heterocycles. The van der Waals surface area contributed by atoms with Crippen LogP contribution >= 0.6 is 0 Å². The van der Waals surface area contributed by atoms with Gasteiger partial charge in [0.15, 0.2) is 0 Å². The van der Waals surface area contributed by atoms with Gasteiger partial charge in [0.25, 0.3) is 0 Å². The van der Waals surface area contributed by atoms with Crippen LogP contribution in [-0.4, -0.2) is 43.7 Å². The molecule has 4 heteroatoms. The Morgan fingerprint density at radius 2 is 2.24 bits per heavy atom. The highest BCUT2D eigenvalue weighted by molar-refractivity contribution is 5.79. The summed E-state index contributed by atoms with van der Waals surface area (Å²) in [4.78, 5) is 14.3. The van der Waals surface area contributed by atoms with Crippen LogP contribution in [0, 0.1) is 11.3 Å². The van der Waals surface area contributed by atoms with E-state index in [1.807, 2.05) is 4.90 Å². The number of hydrogen-bond donors (Lipinski definition) is 1. The van der Waals surface area contributed by atoms with Crippen molar-refractivity contribution >= 4 is 5.91 Å². The Hall–Kier alpha value is -0.610. The summed E-state index contributed by atoms with van der Waals surface area (Å²) in [6, 6.07) is 0. The third-order valence-electron chi connectivity index (χ3n) is 3.26. The SMILES string of the molecule is CCCN(CC(C)(C)CN)C(=O)C1CCOC1. The highest BCUT2D eigenvalue weighted by atomic mass is 16.5. The first kappa shape index (κ1) is 14.5. The molecule has 0 aromatic carbocycles. The third-order valence-corrected chi connectivity index (χ3v) is 3.26. The summed E-state index contributed by atoms with van der Waals surface area (Å²) in [5, 5.41) is 0. The molecule has 0 bridgehead atoms. The lowest BCUT2D eigenvalue weighted by Crippen LogP contribution is -2.45. The van der Waals surface area contributed by atoms with Crippen molar-refractivity contribution in [3.05, 3.63) is 0 Å². The van der Waals surface area contributed by atoms with Crippen molar-refractivity contribution in [3.8, 4) is 0 Å². The Morgan fingerprint density at radius 3 is 2.71 bits per heavy atom. The van der Waals surface area contributed by atoms with E-state index in [4.69, 9.17) is 10.5 Å². The molecule has 1 aliphatic heterocycles. The van der Waals surface area contributed by atoms with Crippen LogP contribution in [-0.2, 0) is 9.53 Å². The zero-order chi connectivity index (χ0) is 12.9. The number of hydrogen-bond acceptors (Lipinski definition) is 3. The molecule has 1 heterocycles. The summed E-state index contributed by atoms with van der Waals surface area (Å²) < 4.78 is 5.29. The van der Waals surface area contributed by atoms with Crippen LogP contribution in [0.4, 0.5) is 0 Å². The van der Waals surface area contributed by atoms with Gasteiger partial charge in [-0.15, -0.1) is 0 Å². The quantitative estimate of drug-likeness (QED) is 0.762. The standard InChI is InChI=1S/C13H26N2O2/c1-4-6-15(10-13(2,3)9-14)12(16)11-5-7-17-8-11/h11H,4-10,14H2,1-3H3. The van der Waals surface area contributed by atoms with Crippen molar-refractivity contribution in [2.75, 3.05) is 32.8 Å². The minimum atomic E-state index is -0.00963. The molecule has 1 amide bonds. The number of nitrogens with two attached hydrogens (primary N) is 1. The van der Waals surface area contributed by atoms with Crippen molar-refractivity contribution < 1.29 is 9.53 Å². The minimum Gasteiger partial charge on any atom is -0.381 e. The Bertz CT molecular complexity index is 248. The van der Waals surface area contributed by atoms with Gasteiger partial charge < -0.3 is 15.4 Å². The van der Waals surface area contributed by atoms with Gasteiger partial charge in [-0.2, -0.15) is 0 Å². The Morgan fingerprint density at radius 1 is 1.53 bits per heavy atom. The average molecular weight is 242 g/mol. The fourth-order valence-electron chi connectivity index (χ4n) is 2.11. The highest BCUT2D eigenvalue weighted by Crippen LogP contribution is 2.20. The Balaban J connectivity index is 2.60. The van der Waals surface area contributed by atoms with Gasteiger partial charge in [0.2, 0.25) is 5.91 Å². The fourth-order valence-corrected chi connectivity index (χ4v) is 2.11. The van der Waals surface area contributed by atoms with E-state index in [0.29, 0.717) is 13.2 Å². The van der Waals surface area contributed by atoms with Crippen molar-refractivity contribution in [3.63, 3.8) is 0 Å². The number of rotatable bonds is 6. The van der Waals surface area contributed by atoms with Crippen molar-refractivity contribution in [1.29, 1.82) is 0 Å². The van der Waals surface area contributed by atoms with Crippen molar-refractivity contribution in [2.24, 2.45) is 17.1 Å². The molecule has 0 saturated carbocycles.